The predicted octanol–water partition coefficient (Wildman–Crippen LogP) is 4.85. The van der Waals surface area contributed by atoms with Crippen LogP contribution in [0.5, 0.6) is 5.75 Å². The average Bonchev–Trinajstić information content (AvgIpc) is 2.39. The van der Waals surface area contributed by atoms with E-state index < -0.39 is 6.10 Å². The molecule has 0 saturated heterocycles. The number of aliphatic hydroxyl groups excluding tert-OH is 1. The van der Waals surface area contributed by atoms with E-state index in [1.54, 1.807) is 0 Å². The second-order valence-electron chi connectivity index (χ2n) is 5.76. The van der Waals surface area contributed by atoms with Gasteiger partial charge < -0.3 is 9.84 Å². The quantitative estimate of drug-likeness (QED) is 0.856. The Bertz CT molecular complexity index is 446. The second-order valence-corrected chi connectivity index (χ2v) is 6.67. The molecule has 0 amide bonds. The van der Waals surface area contributed by atoms with Crippen molar-refractivity contribution in [2.24, 2.45) is 5.92 Å². The number of aliphatic hydroxyl groups is 1. The van der Waals surface area contributed by atoms with E-state index in [0.29, 0.717) is 12.3 Å². The first kappa shape index (κ1) is 14.9. The van der Waals surface area contributed by atoms with Gasteiger partial charge in [0, 0.05) is 16.5 Å². The summed E-state index contributed by atoms with van der Waals surface area (Å²) in [5, 5.41) is 10.4. The summed E-state index contributed by atoms with van der Waals surface area (Å²) in [4.78, 5) is 0. The van der Waals surface area contributed by atoms with E-state index >= 15 is 0 Å². The van der Waals surface area contributed by atoms with Gasteiger partial charge in [0.15, 0.2) is 0 Å². The van der Waals surface area contributed by atoms with Crippen molar-refractivity contribution in [1.82, 2.24) is 0 Å². The summed E-state index contributed by atoms with van der Waals surface area (Å²) in [6.45, 7) is 6.61. The van der Waals surface area contributed by atoms with E-state index in [-0.39, 0.29) is 5.60 Å². The highest BCUT2D eigenvalue weighted by Crippen LogP contribution is 2.44. The smallest absolute Gasteiger partial charge is 0.126 e. The third-order valence-corrected chi connectivity index (χ3v) is 4.78. The lowest BCUT2D eigenvalue weighted by Gasteiger charge is -2.42. The molecule has 2 rings (SSSR count). The average molecular weight is 327 g/mol. The summed E-state index contributed by atoms with van der Waals surface area (Å²) < 4.78 is 7.27. The van der Waals surface area contributed by atoms with Crippen LogP contribution in [0.25, 0.3) is 0 Å². The summed E-state index contributed by atoms with van der Waals surface area (Å²) in [5.74, 6) is 1.45. The van der Waals surface area contributed by atoms with Crippen molar-refractivity contribution in [2.75, 3.05) is 0 Å². The van der Waals surface area contributed by atoms with Crippen molar-refractivity contribution in [3.63, 3.8) is 0 Å². The van der Waals surface area contributed by atoms with Gasteiger partial charge in [0.1, 0.15) is 11.4 Å². The van der Waals surface area contributed by atoms with Gasteiger partial charge in [0.2, 0.25) is 0 Å². The Labute approximate surface area is 124 Å². The summed E-state index contributed by atoms with van der Waals surface area (Å²) in [6, 6.07) is 5.90. The Hall–Kier alpha value is -0.540. The Morgan fingerprint density at radius 1 is 1.47 bits per heavy atom. The van der Waals surface area contributed by atoms with Crippen LogP contribution in [0.4, 0.5) is 0 Å². The molecule has 0 bridgehead atoms. The van der Waals surface area contributed by atoms with Crippen LogP contribution >= 0.6 is 15.9 Å². The Morgan fingerprint density at radius 3 is 2.84 bits per heavy atom. The standard InChI is InChI=1S/C16H23BrO2/c1-4-11(3)9-16(5-2)10-14(18)13-8-12(17)6-7-15(13)19-16/h6-8,11,14,18H,4-5,9-10H2,1-3H3/t11?,14-,16?/m1/s1. The largest absolute Gasteiger partial charge is 0.487 e. The van der Waals surface area contributed by atoms with Crippen molar-refractivity contribution in [2.45, 2.75) is 58.2 Å². The van der Waals surface area contributed by atoms with Gasteiger partial charge in [0.25, 0.3) is 0 Å². The molecule has 3 atom stereocenters. The van der Waals surface area contributed by atoms with Crippen molar-refractivity contribution < 1.29 is 9.84 Å². The van der Waals surface area contributed by atoms with Gasteiger partial charge in [-0.05, 0) is 37.0 Å². The van der Waals surface area contributed by atoms with E-state index in [1.165, 1.54) is 0 Å². The molecule has 2 nitrogen and oxygen atoms in total. The van der Waals surface area contributed by atoms with E-state index in [0.717, 1.165) is 35.0 Å². The maximum atomic E-state index is 10.4. The summed E-state index contributed by atoms with van der Waals surface area (Å²) in [5.41, 5.74) is 0.693. The van der Waals surface area contributed by atoms with Crippen molar-refractivity contribution >= 4 is 15.9 Å². The van der Waals surface area contributed by atoms with Crippen LogP contribution in [0.3, 0.4) is 0 Å². The summed E-state index contributed by atoms with van der Waals surface area (Å²) >= 11 is 3.45. The topological polar surface area (TPSA) is 29.5 Å². The molecule has 1 aliphatic rings. The van der Waals surface area contributed by atoms with E-state index in [1.807, 2.05) is 18.2 Å². The normalized spacial score (nSPS) is 27.5. The zero-order chi connectivity index (χ0) is 14.0. The van der Waals surface area contributed by atoms with E-state index in [9.17, 15) is 5.11 Å². The molecule has 3 heteroatoms. The molecule has 0 spiro atoms. The van der Waals surface area contributed by atoms with Crippen LogP contribution in [0.2, 0.25) is 0 Å². The molecule has 0 saturated carbocycles. The second kappa shape index (κ2) is 5.84. The summed E-state index contributed by atoms with van der Waals surface area (Å²) in [7, 11) is 0. The molecule has 1 aromatic rings. The van der Waals surface area contributed by atoms with E-state index in [2.05, 4.69) is 36.7 Å². The fourth-order valence-corrected chi connectivity index (χ4v) is 3.25. The zero-order valence-corrected chi connectivity index (χ0v) is 13.5. The van der Waals surface area contributed by atoms with Crippen LogP contribution in [-0.2, 0) is 0 Å². The number of fused-ring (bicyclic) bond motifs is 1. The molecular weight excluding hydrogens is 304 g/mol. The minimum absolute atomic E-state index is 0.213. The fourth-order valence-electron chi connectivity index (χ4n) is 2.88. The minimum Gasteiger partial charge on any atom is -0.487 e. The third kappa shape index (κ3) is 3.14. The third-order valence-electron chi connectivity index (χ3n) is 4.28. The molecule has 0 aromatic heterocycles. The predicted molar refractivity (Wildman–Crippen MR) is 81.4 cm³/mol. The number of hydrogen-bond acceptors (Lipinski definition) is 2. The molecule has 1 heterocycles. The van der Waals surface area contributed by atoms with Crippen LogP contribution in [0.15, 0.2) is 22.7 Å². The monoisotopic (exact) mass is 326 g/mol. The maximum Gasteiger partial charge on any atom is 0.126 e. The highest BCUT2D eigenvalue weighted by atomic mass is 79.9. The Balaban J connectivity index is 2.29. The van der Waals surface area contributed by atoms with Crippen LogP contribution < -0.4 is 4.74 Å². The molecule has 1 aliphatic heterocycles. The molecule has 1 aromatic carbocycles. The van der Waals surface area contributed by atoms with Crippen LogP contribution in [0.1, 0.15) is 58.1 Å². The number of ether oxygens (including phenoxy) is 1. The first-order valence-electron chi connectivity index (χ1n) is 7.16. The molecule has 19 heavy (non-hydrogen) atoms. The minimum atomic E-state index is -0.426. The maximum absolute atomic E-state index is 10.4. The molecule has 106 valence electrons. The molecule has 0 fully saturated rings. The van der Waals surface area contributed by atoms with Gasteiger partial charge in [-0.1, -0.05) is 43.1 Å². The first-order chi connectivity index (χ1) is 8.99. The lowest BCUT2D eigenvalue weighted by atomic mass is 9.80. The molecular formula is C16H23BrO2. The number of benzene rings is 1. The lowest BCUT2D eigenvalue weighted by molar-refractivity contribution is -0.0319. The summed E-state index contributed by atoms with van der Waals surface area (Å²) in [6.07, 6.45) is 3.35. The number of rotatable bonds is 4. The van der Waals surface area contributed by atoms with Crippen molar-refractivity contribution in [1.29, 1.82) is 0 Å². The highest BCUT2D eigenvalue weighted by molar-refractivity contribution is 9.10. The van der Waals surface area contributed by atoms with Gasteiger partial charge in [0.05, 0.1) is 6.10 Å². The Kier molecular flexibility index (Phi) is 4.57. The van der Waals surface area contributed by atoms with Gasteiger partial charge in [-0.25, -0.2) is 0 Å². The Morgan fingerprint density at radius 2 is 2.21 bits per heavy atom. The van der Waals surface area contributed by atoms with Crippen molar-refractivity contribution in [3.8, 4) is 5.75 Å². The highest BCUT2D eigenvalue weighted by Gasteiger charge is 2.39. The first-order valence-corrected chi connectivity index (χ1v) is 7.95. The lowest BCUT2D eigenvalue weighted by Crippen LogP contribution is -2.42. The molecule has 2 unspecified atom stereocenters. The fraction of sp³-hybridized carbons (Fsp3) is 0.625. The zero-order valence-electron chi connectivity index (χ0n) is 11.9. The van der Waals surface area contributed by atoms with Gasteiger partial charge in [-0.3, -0.25) is 0 Å². The van der Waals surface area contributed by atoms with Gasteiger partial charge in [-0.15, -0.1) is 0 Å². The van der Waals surface area contributed by atoms with Crippen LogP contribution in [0, 0.1) is 5.92 Å². The molecule has 0 radical (unpaired) electrons. The van der Waals surface area contributed by atoms with Crippen molar-refractivity contribution in [3.05, 3.63) is 28.2 Å². The van der Waals surface area contributed by atoms with Gasteiger partial charge in [-0.2, -0.15) is 0 Å². The number of halogens is 1. The molecule has 1 N–H and O–H groups in total. The SMILES string of the molecule is CCC(C)CC1(CC)C[C@@H](O)c2cc(Br)ccc2O1. The van der Waals surface area contributed by atoms with Gasteiger partial charge >= 0.3 is 0 Å². The van der Waals surface area contributed by atoms with Crippen LogP contribution in [-0.4, -0.2) is 10.7 Å². The van der Waals surface area contributed by atoms with E-state index in [4.69, 9.17) is 4.74 Å². The number of hydrogen-bond donors (Lipinski definition) is 1. The molecule has 0 aliphatic carbocycles.